The lowest BCUT2D eigenvalue weighted by Crippen LogP contribution is -2.42. The number of rotatable bonds is 3. The van der Waals surface area contributed by atoms with Crippen molar-refractivity contribution in [2.45, 2.75) is 6.04 Å². The molecule has 1 amide bonds. The van der Waals surface area contributed by atoms with E-state index in [0.29, 0.717) is 4.47 Å². The summed E-state index contributed by atoms with van der Waals surface area (Å²) in [5.74, 6) is -2.87. The highest BCUT2D eigenvalue weighted by molar-refractivity contribution is 9.10. The van der Waals surface area contributed by atoms with Gasteiger partial charge in [0.25, 0.3) is 5.91 Å². The Bertz CT molecular complexity index is 502. The van der Waals surface area contributed by atoms with E-state index < -0.39 is 29.7 Å². The van der Waals surface area contributed by atoms with Crippen LogP contribution in [0.2, 0.25) is 0 Å². The van der Waals surface area contributed by atoms with E-state index in [-0.39, 0.29) is 18.8 Å². The number of amides is 1. The highest BCUT2D eigenvalue weighted by atomic mass is 79.9. The van der Waals surface area contributed by atoms with Gasteiger partial charge in [-0.3, -0.25) is 9.59 Å². The zero-order chi connectivity index (χ0) is 14.0. The van der Waals surface area contributed by atoms with Crippen molar-refractivity contribution in [2.24, 2.45) is 5.92 Å². The molecule has 0 radical (unpaired) electrons. The summed E-state index contributed by atoms with van der Waals surface area (Å²) in [6, 6.07) is 3.18. The van der Waals surface area contributed by atoms with Gasteiger partial charge in [-0.25, -0.2) is 4.39 Å². The van der Waals surface area contributed by atoms with Crippen molar-refractivity contribution in [3.63, 3.8) is 0 Å². The molecule has 0 bridgehead atoms. The second-order valence-electron chi connectivity index (χ2n) is 4.22. The van der Waals surface area contributed by atoms with Gasteiger partial charge in [0.05, 0.1) is 19.3 Å². The third-order valence-corrected chi connectivity index (χ3v) is 3.30. The second-order valence-corrected chi connectivity index (χ2v) is 5.14. The Kier molecular flexibility index (Phi) is 4.16. The van der Waals surface area contributed by atoms with Gasteiger partial charge in [-0.05, 0) is 18.2 Å². The van der Waals surface area contributed by atoms with E-state index in [1.54, 1.807) is 0 Å². The molecule has 5 nitrogen and oxygen atoms in total. The number of aliphatic carboxylic acids is 1. The van der Waals surface area contributed by atoms with E-state index in [9.17, 15) is 14.0 Å². The zero-order valence-electron chi connectivity index (χ0n) is 9.73. The van der Waals surface area contributed by atoms with Gasteiger partial charge in [0.2, 0.25) is 0 Å². The first kappa shape index (κ1) is 14.0. The summed E-state index contributed by atoms with van der Waals surface area (Å²) in [4.78, 5) is 22.9. The summed E-state index contributed by atoms with van der Waals surface area (Å²) in [6.07, 6.45) is 0. The fourth-order valence-electron chi connectivity index (χ4n) is 1.88. The molecule has 2 atom stereocenters. The lowest BCUT2D eigenvalue weighted by Gasteiger charge is -2.15. The van der Waals surface area contributed by atoms with Gasteiger partial charge in [-0.15, -0.1) is 0 Å². The Hall–Kier alpha value is -1.47. The maximum Gasteiger partial charge on any atom is 0.311 e. The number of ether oxygens (including phenoxy) is 1. The van der Waals surface area contributed by atoms with E-state index in [2.05, 4.69) is 21.2 Å². The molecule has 0 spiro atoms. The summed E-state index contributed by atoms with van der Waals surface area (Å²) < 4.78 is 18.7. The third-order valence-electron chi connectivity index (χ3n) is 2.84. The smallest absolute Gasteiger partial charge is 0.311 e. The topological polar surface area (TPSA) is 75.6 Å². The lowest BCUT2D eigenvalue weighted by atomic mass is 10.0. The SMILES string of the molecule is O=C(NC1COCC1C(=O)O)c1cc(F)cc(Br)c1. The van der Waals surface area contributed by atoms with E-state index in [1.165, 1.54) is 12.1 Å². The minimum absolute atomic E-state index is 0.0626. The molecule has 2 rings (SSSR count). The highest BCUT2D eigenvalue weighted by Gasteiger charge is 2.35. The fraction of sp³-hybridized carbons (Fsp3) is 0.333. The minimum Gasteiger partial charge on any atom is -0.481 e. The van der Waals surface area contributed by atoms with Crippen LogP contribution in [-0.2, 0) is 9.53 Å². The molecule has 1 aromatic rings. The summed E-state index contributed by atoms with van der Waals surface area (Å²) in [5.41, 5.74) is 0.128. The molecule has 1 aromatic carbocycles. The molecule has 2 unspecified atom stereocenters. The number of carboxylic acids is 1. The number of carbonyl (C=O) groups is 2. The summed E-state index contributed by atoms with van der Waals surface area (Å²) in [5, 5.41) is 11.5. The standard InChI is InChI=1S/C12H11BrFNO4/c13-7-1-6(2-8(14)3-7)11(16)15-10-5-19-4-9(10)12(17)18/h1-3,9-10H,4-5H2,(H,15,16)(H,17,18). The number of hydrogen-bond donors (Lipinski definition) is 2. The van der Waals surface area contributed by atoms with Gasteiger partial charge < -0.3 is 15.2 Å². The Morgan fingerprint density at radius 1 is 1.37 bits per heavy atom. The van der Waals surface area contributed by atoms with Crippen molar-refractivity contribution in [2.75, 3.05) is 13.2 Å². The zero-order valence-corrected chi connectivity index (χ0v) is 11.3. The minimum atomic E-state index is -1.02. The summed E-state index contributed by atoms with van der Waals surface area (Å²) in [6.45, 7) is 0.201. The second kappa shape index (κ2) is 5.66. The average molecular weight is 332 g/mol. The van der Waals surface area contributed by atoms with Crippen LogP contribution in [0.15, 0.2) is 22.7 Å². The van der Waals surface area contributed by atoms with Crippen LogP contribution >= 0.6 is 15.9 Å². The maximum atomic E-state index is 13.2. The third kappa shape index (κ3) is 3.30. The average Bonchev–Trinajstić information content (AvgIpc) is 2.75. The van der Waals surface area contributed by atoms with Crippen LogP contribution in [0.5, 0.6) is 0 Å². The van der Waals surface area contributed by atoms with Crippen molar-refractivity contribution in [3.05, 3.63) is 34.1 Å². The van der Waals surface area contributed by atoms with Gasteiger partial charge in [-0.1, -0.05) is 15.9 Å². The lowest BCUT2D eigenvalue weighted by molar-refractivity contribution is -0.142. The van der Waals surface area contributed by atoms with Gasteiger partial charge in [0, 0.05) is 10.0 Å². The van der Waals surface area contributed by atoms with Crippen LogP contribution in [-0.4, -0.2) is 36.2 Å². The fourth-order valence-corrected chi connectivity index (χ4v) is 2.34. The monoisotopic (exact) mass is 331 g/mol. The van der Waals surface area contributed by atoms with Crippen LogP contribution in [0.25, 0.3) is 0 Å². The van der Waals surface area contributed by atoms with Gasteiger partial charge in [-0.2, -0.15) is 0 Å². The van der Waals surface area contributed by atoms with E-state index in [1.807, 2.05) is 0 Å². The molecular weight excluding hydrogens is 321 g/mol. The van der Waals surface area contributed by atoms with Crippen LogP contribution < -0.4 is 5.32 Å². The number of halogens is 2. The Labute approximate surface area is 116 Å². The number of nitrogens with one attached hydrogen (secondary N) is 1. The first-order chi connectivity index (χ1) is 8.97. The molecule has 2 N–H and O–H groups in total. The quantitative estimate of drug-likeness (QED) is 0.878. The van der Waals surface area contributed by atoms with Crippen molar-refractivity contribution >= 4 is 27.8 Å². The summed E-state index contributed by atoms with van der Waals surface area (Å²) in [7, 11) is 0. The van der Waals surface area contributed by atoms with E-state index >= 15 is 0 Å². The maximum absolute atomic E-state index is 13.2. The Balaban J connectivity index is 2.10. The Morgan fingerprint density at radius 3 is 2.74 bits per heavy atom. The van der Waals surface area contributed by atoms with Crippen LogP contribution in [0.3, 0.4) is 0 Å². The van der Waals surface area contributed by atoms with Gasteiger partial charge >= 0.3 is 5.97 Å². The Morgan fingerprint density at radius 2 is 2.11 bits per heavy atom. The predicted octanol–water partition coefficient (Wildman–Crippen LogP) is 1.42. The van der Waals surface area contributed by atoms with Crippen LogP contribution in [0, 0.1) is 11.7 Å². The number of carbonyl (C=O) groups excluding carboxylic acids is 1. The molecule has 1 aliphatic heterocycles. The molecule has 7 heteroatoms. The first-order valence-corrected chi connectivity index (χ1v) is 6.34. The van der Waals surface area contributed by atoms with Gasteiger partial charge in [0.1, 0.15) is 11.7 Å². The van der Waals surface area contributed by atoms with E-state index in [0.717, 1.165) is 6.07 Å². The molecular formula is C12H11BrFNO4. The number of benzene rings is 1. The van der Waals surface area contributed by atoms with Crippen LogP contribution in [0.4, 0.5) is 4.39 Å². The van der Waals surface area contributed by atoms with E-state index in [4.69, 9.17) is 9.84 Å². The molecule has 102 valence electrons. The molecule has 1 heterocycles. The van der Waals surface area contributed by atoms with Crippen molar-refractivity contribution in [3.8, 4) is 0 Å². The van der Waals surface area contributed by atoms with Crippen molar-refractivity contribution < 1.29 is 23.8 Å². The van der Waals surface area contributed by atoms with Gasteiger partial charge in [0.15, 0.2) is 0 Å². The largest absolute Gasteiger partial charge is 0.481 e. The molecule has 19 heavy (non-hydrogen) atoms. The molecule has 1 fully saturated rings. The molecule has 0 aromatic heterocycles. The predicted molar refractivity (Wildman–Crippen MR) is 67.3 cm³/mol. The number of carboxylic acid groups (broad SMARTS) is 1. The molecule has 0 aliphatic carbocycles. The number of hydrogen-bond acceptors (Lipinski definition) is 3. The van der Waals surface area contributed by atoms with Crippen molar-refractivity contribution in [1.82, 2.24) is 5.32 Å². The molecule has 0 saturated carbocycles. The summed E-state index contributed by atoms with van der Waals surface area (Å²) >= 11 is 3.09. The van der Waals surface area contributed by atoms with Crippen molar-refractivity contribution in [1.29, 1.82) is 0 Å². The highest BCUT2D eigenvalue weighted by Crippen LogP contribution is 2.17. The van der Waals surface area contributed by atoms with Crippen LogP contribution in [0.1, 0.15) is 10.4 Å². The normalized spacial score (nSPS) is 22.2. The molecule has 1 aliphatic rings. The first-order valence-electron chi connectivity index (χ1n) is 5.55. The molecule has 1 saturated heterocycles.